The number of carbonyl (C=O) groups excluding carboxylic acids is 1. The van der Waals surface area contributed by atoms with Gasteiger partial charge in [-0.15, -0.1) is 10.2 Å². The third-order valence-electron chi connectivity index (χ3n) is 4.12. The largest absolute Gasteiger partial charge is 0.481 e. The Morgan fingerprint density at radius 2 is 2.03 bits per heavy atom. The second-order valence-corrected chi connectivity index (χ2v) is 7.73. The monoisotopic (exact) mass is 465 g/mol. The maximum absolute atomic E-state index is 13.2. The summed E-state index contributed by atoms with van der Waals surface area (Å²) in [7, 11) is 1.73. The minimum absolute atomic E-state index is 0.0575. The minimum Gasteiger partial charge on any atom is -0.481 e. The number of nitrogens with zero attached hydrogens (tertiary/aromatic N) is 4. The van der Waals surface area contributed by atoms with E-state index in [0.717, 1.165) is 6.07 Å². The fourth-order valence-corrected chi connectivity index (χ4v) is 3.54. The van der Waals surface area contributed by atoms with Crippen LogP contribution in [0.2, 0.25) is 5.02 Å². The second-order valence-electron chi connectivity index (χ2n) is 6.38. The van der Waals surface area contributed by atoms with Crippen LogP contribution in [-0.2, 0) is 11.8 Å². The topological polar surface area (TPSA) is 112 Å². The van der Waals surface area contributed by atoms with Crippen LogP contribution in [0.25, 0.3) is 0 Å². The summed E-state index contributed by atoms with van der Waals surface area (Å²) < 4.78 is 20.6. The Kier molecular flexibility index (Phi) is 7.08. The molecule has 0 saturated carbocycles. The van der Waals surface area contributed by atoms with E-state index in [1.165, 1.54) is 48.2 Å². The smallest absolute Gasteiger partial charge is 0.269 e. The number of aromatic nitrogens is 3. The summed E-state index contributed by atoms with van der Waals surface area (Å²) in [5, 5.41) is 22.2. The van der Waals surface area contributed by atoms with Crippen LogP contribution < -0.4 is 10.1 Å². The maximum atomic E-state index is 13.2. The van der Waals surface area contributed by atoms with Crippen molar-refractivity contribution in [3.63, 3.8) is 0 Å². The number of benzene rings is 2. The number of carbonyl (C=O) groups is 1. The van der Waals surface area contributed by atoms with Crippen molar-refractivity contribution in [2.75, 3.05) is 11.1 Å². The lowest BCUT2D eigenvalue weighted by atomic mass is 10.3. The van der Waals surface area contributed by atoms with Gasteiger partial charge in [0.1, 0.15) is 11.6 Å². The number of ether oxygens (including phenoxy) is 1. The Hall–Kier alpha value is -3.18. The molecule has 1 aromatic heterocycles. The average molecular weight is 466 g/mol. The van der Waals surface area contributed by atoms with Gasteiger partial charge < -0.3 is 14.6 Å². The predicted molar refractivity (Wildman–Crippen MR) is 114 cm³/mol. The van der Waals surface area contributed by atoms with Crippen LogP contribution in [0.4, 0.5) is 15.8 Å². The summed E-state index contributed by atoms with van der Waals surface area (Å²) in [5.41, 5.74) is 0.394. The highest BCUT2D eigenvalue weighted by molar-refractivity contribution is 7.99. The second kappa shape index (κ2) is 9.75. The van der Waals surface area contributed by atoms with E-state index < -0.39 is 16.8 Å². The number of thioether (sulfide) groups is 1. The molecule has 0 aliphatic heterocycles. The van der Waals surface area contributed by atoms with Crippen molar-refractivity contribution in [3.05, 3.63) is 69.2 Å². The lowest BCUT2D eigenvalue weighted by Crippen LogP contribution is -2.15. The highest BCUT2D eigenvalue weighted by atomic mass is 35.5. The molecule has 1 unspecified atom stereocenters. The quantitative estimate of drug-likeness (QED) is 0.298. The van der Waals surface area contributed by atoms with Gasteiger partial charge in [0.25, 0.3) is 5.69 Å². The molecule has 0 saturated heterocycles. The number of amides is 1. The molecule has 1 N–H and O–H groups in total. The third-order valence-corrected chi connectivity index (χ3v) is 5.44. The number of nitro benzene ring substituents is 1. The summed E-state index contributed by atoms with van der Waals surface area (Å²) in [6, 6.07) is 9.38. The van der Waals surface area contributed by atoms with Crippen LogP contribution in [-0.4, -0.2) is 31.3 Å². The molecule has 0 radical (unpaired) electrons. The Labute approximate surface area is 185 Å². The maximum Gasteiger partial charge on any atom is 0.269 e. The number of anilines is 1. The van der Waals surface area contributed by atoms with Gasteiger partial charge in [-0.1, -0.05) is 23.4 Å². The number of hydrogen-bond donors (Lipinski definition) is 1. The van der Waals surface area contributed by atoms with Crippen molar-refractivity contribution >= 4 is 40.6 Å². The molecule has 3 rings (SSSR count). The van der Waals surface area contributed by atoms with E-state index in [4.69, 9.17) is 16.3 Å². The first-order valence-corrected chi connectivity index (χ1v) is 10.3. The molecule has 0 spiro atoms. The molecular formula is C19H17ClFN5O4S. The molecule has 31 heavy (non-hydrogen) atoms. The third kappa shape index (κ3) is 5.70. The number of rotatable bonds is 8. The lowest BCUT2D eigenvalue weighted by Gasteiger charge is -2.15. The summed E-state index contributed by atoms with van der Waals surface area (Å²) >= 11 is 7.16. The normalized spacial score (nSPS) is 11.7. The molecule has 1 amide bonds. The average Bonchev–Trinajstić information content (AvgIpc) is 3.09. The van der Waals surface area contributed by atoms with Gasteiger partial charge in [-0.05, 0) is 37.3 Å². The van der Waals surface area contributed by atoms with Crippen LogP contribution in [0, 0.1) is 15.9 Å². The van der Waals surface area contributed by atoms with Gasteiger partial charge in [0.15, 0.2) is 17.1 Å². The Morgan fingerprint density at radius 3 is 2.68 bits per heavy atom. The molecule has 12 heteroatoms. The van der Waals surface area contributed by atoms with Crippen LogP contribution in [0.5, 0.6) is 5.75 Å². The van der Waals surface area contributed by atoms with Crippen molar-refractivity contribution in [2.45, 2.75) is 18.2 Å². The van der Waals surface area contributed by atoms with Crippen molar-refractivity contribution in [1.82, 2.24) is 14.8 Å². The molecule has 3 aromatic rings. The summed E-state index contributed by atoms with van der Waals surface area (Å²) in [4.78, 5) is 22.3. The van der Waals surface area contributed by atoms with E-state index in [1.54, 1.807) is 18.5 Å². The van der Waals surface area contributed by atoms with E-state index in [2.05, 4.69) is 15.5 Å². The van der Waals surface area contributed by atoms with E-state index in [-0.39, 0.29) is 22.4 Å². The number of halogens is 2. The highest BCUT2D eigenvalue weighted by Gasteiger charge is 2.19. The molecule has 9 nitrogen and oxygen atoms in total. The number of nitrogens with one attached hydrogen (secondary N) is 1. The first-order chi connectivity index (χ1) is 14.7. The van der Waals surface area contributed by atoms with Gasteiger partial charge in [0, 0.05) is 24.9 Å². The fraction of sp³-hybridized carbons (Fsp3) is 0.211. The standard InChI is InChI=1S/C19H17ClFN5O4S/c1-11(30-16-8-3-12(21)9-15(16)20)18-23-24-19(25(18)2)31-10-17(27)22-13-4-6-14(7-5-13)26(28)29/h3-9,11H,10H2,1-2H3,(H,22,27). The first-order valence-electron chi connectivity index (χ1n) is 8.92. The minimum atomic E-state index is -0.524. The van der Waals surface area contributed by atoms with Crippen molar-refractivity contribution in [1.29, 1.82) is 0 Å². The molecule has 0 aliphatic carbocycles. The van der Waals surface area contributed by atoms with Gasteiger partial charge >= 0.3 is 0 Å². The summed E-state index contributed by atoms with van der Waals surface area (Å²) in [5.74, 6) is 0.108. The van der Waals surface area contributed by atoms with Gasteiger partial charge in [-0.3, -0.25) is 14.9 Å². The van der Waals surface area contributed by atoms with Crippen LogP contribution in [0.15, 0.2) is 47.6 Å². The van der Waals surface area contributed by atoms with Crippen LogP contribution in [0.3, 0.4) is 0 Å². The van der Waals surface area contributed by atoms with Crippen molar-refractivity contribution < 1.29 is 18.8 Å². The molecule has 162 valence electrons. The van der Waals surface area contributed by atoms with E-state index >= 15 is 0 Å². The molecule has 2 aromatic carbocycles. The van der Waals surface area contributed by atoms with Crippen molar-refractivity contribution in [2.24, 2.45) is 7.05 Å². The predicted octanol–water partition coefficient (Wildman–Crippen LogP) is 4.39. The summed E-state index contributed by atoms with van der Waals surface area (Å²) in [6.45, 7) is 1.75. The SMILES string of the molecule is CC(Oc1ccc(F)cc1Cl)c1nnc(SCC(=O)Nc2ccc([N+](=O)[O-])cc2)n1C. The molecule has 1 heterocycles. The number of hydrogen-bond acceptors (Lipinski definition) is 7. The number of non-ortho nitro benzene ring substituents is 1. The van der Waals surface area contributed by atoms with Gasteiger partial charge in [0.2, 0.25) is 5.91 Å². The zero-order valence-electron chi connectivity index (χ0n) is 16.4. The molecule has 0 bridgehead atoms. The van der Waals surface area contributed by atoms with Gasteiger partial charge in [-0.2, -0.15) is 0 Å². The van der Waals surface area contributed by atoms with Gasteiger partial charge in [-0.25, -0.2) is 4.39 Å². The zero-order chi connectivity index (χ0) is 22.5. The Balaban J connectivity index is 1.58. The van der Waals surface area contributed by atoms with E-state index in [9.17, 15) is 19.3 Å². The molecule has 0 fully saturated rings. The van der Waals surface area contributed by atoms with Crippen LogP contribution in [0.1, 0.15) is 18.9 Å². The van der Waals surface area contributed by atoms with E-state index in [1.807, 2.05) is 0 Å². The molecular weight excluding hydrogens is 449 g/mol. The fourth-order valence-electron chi connectivity index (χ4n) is 2.61. The molecule has 0 aliphatic rings. The Bertz CT molecular complexity index is 1110. The van der Waals surface area contributed by atoms with Crippen LogP contribution >= 0.6 is 23.4 Å². The molecule has 1 atom stereocenters. The van der Waals surface area contributed by atoms with Crippen molar-refractivity contribution in [3.8, 4) is 5.75 Å². The zero-order valence-corrected chi connectivity index (χ0v) is 18.0. The lowest BCUT2D eigenvalue weighted by molar-refractivity contribution is -0.384. The van der Waals surface area contributed by atoms with Gasteiger partial charge in [0.05, 0.1) is 15.7 Å². The number of nitro groups is 1. The van der Waals surface area contributed by atoms with E-state index in [0.29, 0.717) is 22.4 Å². The summed E-state index contributed by atoms with van der Waals surface area (Å²) in [6.07, 6.45) is -0.524. The highest BCUT2D eigenvalue weighted by Crippen LogP contribution is 2.30. The first kappa shape index (κ1) is 22.5. The Morgan fingerprint density at radius 1 is 1.32 bits per heavy atom.